The summed E-state index contributed by atoms with van der Waals surface area (Å²) < 4.78 is 41.8. The summed E-state index contributed by atoms with van der Waals surface area (Å²) in [6, 6.07) is 7.69. The van der Waals surface area contributed by atoms with Gasteiger partial charge in [-0.15, -0.1) is 0 Å². The highest BCUT2D eigenvalue weighted by atomic mass is 35.5. The summed E-state index contributed by atoms with van der Waals surface area (Å²) in [6.45, 7) is 4.78. The first-order valence-electron chi connectivity index (χ1n) is 9.14. The summed E-state index contributed by atoms with van der Waals surface area (Å²) in [5.74, 6) is -1.20. The van der Waals surface area contributed by atoms with E-state index in [1.807, 2.05) is 13.8 Å². The summed E-state index contributed by atoms with van der Waals surface area (Å²) in [4.78, 5) is 12.5. The van der Waals surface area contributed by atoms with Crippen molar-refractivity contribution in [2.75, 3.05) is 18.4 Å². The van der Waals surface area contributed by atoms with Crippen LogP contribution in [-0.2, 0) is 10.0 Å². The van der Waals surface area contributed by atoms with Crippen LogP contribution in [0.1, 0.15) is 30.6 Å². The molecule has 0 radical (unpaired) electrons. The monoisotopic (exact) mass is 458 g/mol. The number of benzene rings is 2. The molecule has 156 valence electrons. The van der Waals surface area contributed by atoms with Gasteiger partial charge in [-0.05, 0) is 54.7 Å². The SMILES string of the molecule is C[C@@H]1C[C@@H](C)CN(S(=O)(=O)c2ccc(F)c(C(=O)Nc3cc(Cl)ccc3Cl)c2)C1. The quantitative estimate of drug-likeness (QED) is 0.696. The van der Waals surface area contributed by atoms with E-state index in [1.54, 1.807) is 6.07 Å². The van der Waals surface area contributed by atoms with Crippen LogP contribution in [0.5, 0.6) is 0 Å². The largest absolute Gasteiger partial charge is 0.320 e. The Labute approximate surface area is 179 Å². The lowest BCUT2D eigenvalue weighted by Crippen LogP contribution is -2.42. The third-order valence-electron chi connectivity index (χ3n) is 4.83. The van der Waals surface area contributed by atoms with E-state index in [-0.39, 0.29) is 33.0 Å². The Bertz CT molecular complexity index is 1040. The molecule has 29 heavy (non-hydrogen) atoms. The summed E-state index contributed by atoms with van der Waals surface area (Å²) in [5.41, 5.74) is -0.185. The number of halogens is 3. The van der Waals surface area contributed by atoms with Crippen molar-refractivity contribution in [3.8, 4) is 0 Å². The van der Waals surface area contributed by atoms with Crippen LogP contribution in [-0.4, -0.2) is 31.7 Å². The van der Waals surface area contributed by atoms with Crippen molar-refractivity contribution in [3.05, 3.63) is 57.8 Å². The highest BCUT2D eigenvalue weighted by Crippen LogP contribution is 2.29. The summed E-state index contributed by atoms with van der Waals surface area (Å²) in [7, 11) is -3.85. The molecule has 9 heteroatoms. The Morgan fingerprint density at radius 2 is 1.76 bits per heavy atom. The van der Waals surface area contributed by atoms with Crippen LogP contribution in [0, 0.1) is 17.7 Å². The number of anilines is 1. The predicted octanol–water partition coefficient (Wildman–Crippen LogP) is 5.05. The molecule has 0 aliphatic carbocycles. The average molecular weight is 459 g/mol. The Morgan fingerprint density at radius 3 is 2.41 bits per heavy atom. The topological polar surface area (TPSA) is 66.5 Å². The number of sulfonamides is 1. The molecule has 2 atom stereocenters. The summed E-state index contributed by atoms with van der Waals surface area (Å²) in [5, 5.41) is 3.04. The maximum Gasteiger partial charge on any atom is 0.258 e. The van der Waals surface area contributed by atoms with Gasteiger partial charge in [0.15, 0.2) is 0 Å². The molecule has 0 unspecified atom stereocenters. The fourth-order valence-electron chi connectivity index (χ4n) is 3.57. The van der Waals surface area contributed by atoms with E-state index in [9.17, 15) is 17.6 Å². The fraction of sp³-hybridized carbons (Fsp3) is 0.350. The van der Waals surface area contributed by atoms with E-state index >= 15 is 0 Å². The van der Waals surface area contributed by atoms with E-state index in [2.05, 4.69) is 5.32 Å². The minimum absolute atomic E-state index is 0.123. The van der Waals surface area contributed by atoms with E-state index in [1.165, 1.54) is 22.5 Å². The van der Waals surface area contributed by atoms with Gasteiger partial charge in [0.2, 0.25) is 10.0 Å². The number of hydrogen-bond acceptors (Lipinski definition) is 3. The minimum atomic E-state index is -3.85. The molecule has 1 saturated heterocycles. The van der Waals surface area contributed by atoms with Gasteiger partial charge in [-0.2, -0.15) is 4.31 Å². The maximum atomic E-state index is 14.3. The number of carbonyl (C=O) groups is 1. The van der Waals surface area contributed by atoms with Crippen molar-refractivity contribution in [1.82, 2.24) is 4.31 Å². The van der Waals surface area contributed by atoms with Gasteiger partial charge in [-0.1, -0.05) is 37.0 Å². The molecule has 2 aromatic rings. The third kappa shape index (κ3) is 4.91. The first kappa shape index (κ1) is 22.0. The first-order chi connectivity index (χ1) is 13.6. The Morgan fingerprint density at radius 1 is 1.10 bits per heavy atom. The third-order valence-corrected chi connectivity index (χ3v) is 7.22. The number of nitrogens with zero attached hydrogens (tertiary/aromatic N) is 1. The van der Waals surface area contributed by atoms with Gasteiger partial charge in [0, 0.05) is 18.1 Å². The predicted molar refractivity (Wildman–Crippen MR) is 113 cm³/mol. The number of nitrogens with one attached hydrogen (secondary N) is 1. The molecule has 0 bridgehead atoms. The molecule has 3 rings (SSSR count). The van der Waals surface area contributed by atoms with Gasteiger partial charge < -0.3 is 5.32 Å². The lowest BCUT2D eigenvalue weighted by molar-refractivity contribution is 0.102. The maximum absolute atomic E-state index is 14.3. The second-order valence-corrected chi connectivity index (χ2v) is 10.3. The van der Waals surface area contributed by atoms with Crippen LogP contribution in [0.15, 0.2) is 41.3 Å². The molecule has 1 amide bonds. The lowest BCUT2D eigenvalue weighted by atomic mass is 9.94. The molecule has 1 fully saturated rings. The summed E-state index contributed by atoms with van der Waals surface area (Å²) in [6.07, 6.45) is 0.948. The molecule has 0 aromatic heterocycles. The second kappa shape index (κ2) is 8.60. The zero-order valence-corrected chi connectivity index (χ0v) is 18.3. The van der Waals surface area contributed by atoms with Gasteiger partial charge in [0.05, 0.1) is 21.2 Å². The average Bonchev–Trinajstić information content (AvgIpc) is 2.64. The number of piperidine rings is 1. The van der Waals surface area contributed by atoms with Crippen molar-refractivity contribution in [2.45, 2.75) is 25.2 Å². The minimum Gasteiger partial charge on any atom is -0.320 e. The van der Waals surface area contributed by atoms with Crippen LogP contribution in [0.2, 0.25) is 10.0 Å². The number of hydrogen-bond donors (Lipinski definition) is 1. The molecule has 1 heterocycles. The normalized spacial score (nSPS) is 20.4. The molecule has 0 spiro atoms. The molecule has 2 aromatic carbocycles. The first-order valence-corrected chi connectivity index (χ1v) is 11.3. The van der Waals surface area contributed by atoms with Crippen LogP contribution in [0.3, 0.4) is 0 Å². The van der Waals surface area contributed by atoms with Crippen LogP contribution < -0.4 is 5.32 Å². The molecule has 1 aliphatic heterocycles. The van der Waals surface area contributed by atoms with Crippen LogP contribution >= 0.6 is 23.2 Å². The van der Waals surface area contributed by atoms with Gasteiger partial charge in [-0.3, -0.25) is 4.79 Å². The molecular formula is C20H21Cl2FN2O3S. The van der Waals surface area contributed by atoms with Crippen molar-refractivity contribution in [1.29, 1.82) is 0 Å². The van der Waals surface area contributed by atoms with Gasteiger partial charge in [0.25, 0.3) is 5.91 Å². The highest BCUT2D eigenvalue weighted by molar-refractivity contribution is 7.89. The smallest absolute Gasteiger partial charge is 0.258 e. The molecular weight excluding hydrogens is 438 g/mol. The van der Waals surface area contributed by atoms with Crippen molar-refractivity contribution < 1.29 is 17.6 Å². The van der Waals surface area contributed by atoms with Crippen molar-refractivity contribution >= 4 is 44.8 Å². The van der Waals surface area contributed by atoms with Crippen molar-refractivity contribution in [3.63, 3.8) is 0 Å². The molecule has 0 saturated carbocycles. The Hall–Kier alpha value is -1.67. The standard InChI is InChI=1S/C20H21Cl2FN2O3S/c1-12-7-13(2)11-25(10-12)29(27,28)15-4-6-18(23)16(9-15)20(26)24-19-8-14(21)3-5-17(19)22/h3-6,8-9,12-13H,7,10-11H2,1-2H3,(H,24,26)/t12-,13-/m1/s1. The van der Waals surface area contributed by atoms with Gasteiger partial charge in [-0.25, -0.2) is 12.8 Å². The Balaban J connectivity index is 1.91. The van der Waals surface area contributed by atoms with Gasteiger partial charge >= 0.3 is 0 Å². The number of rotatable bonds is 4. The second-order valence-electron chi connectivity index (χ2n) is 7.49. The lowest BCUT2D eigenvalue weighted by Gasteiger charge is -2.34. The Kier molecular flexibility index (Phi) is 6.53. The summed E-state index contributed by atoms with van der Waals surface area (Å²) >= 11 is 11.9. The van der Waals surface area contributed by atoms with E-state index in [4.69, 9.17) is 23.2 Å². The molecule has 1 aliphatic rings. The van der Waals surface area contributed by atoms with E-state index in [0.717, 1.165) is 18.6 Å². The van der Waals surface area contributed by atoms with Gasteiger partial charge in [0.1, 0.15) is 5.82 Å². The van der Waals surface area contributed by atoms with Crippen molar-refractivity contribution in [2.24, 2.45) is 11.8 Å². The number of amides is 1. The highest BCUT2D eigenvalue weighted by Gasteiger charge is 2.32. The van der Waals surface area contributed by atoms with E-state index in [0.29, 0.717) is 18.1 Å². The zero-order chi connectivity index (χ0) is 21.3. The molecule has 1 N–H and O–H groups in total. The van der Waals surface area contributed by atoms with Crippen LogP contribution in [0.25, 0.3) is 0 Å². The molecule has 5 nitrogen and oxygen atoms in total. The van der Waals surface area contributed by atoms with Crippen LogP contribution in [0.4, 0.5) is 10.1 Å². The zero-order valence-electron chi connectivity index (χ0n) is 16.0. The van der Waals surface area contributed by atoms with E-state index < -0.39 is 21.7 Å². The fourth-order valence-corrected chi connectivity index (χ4v) is 5.62. The number of carbonyl (C=O) groups excluding carboxylic acids is 1.